The van der Waals surface area contributed by atoms with Gasteiger partial charge in [0.1, 0.15) is 5.03 Å². The molecule has 1 heterocycles. The molecule has 0 unspecified atom stereocenters. The van der Waals surface area contributed by atoms with Gasteiger partial charge in [-0.1, -0.05) is 47.6 Å². The van der Waals surface area contributed by atoms with Gasteiger partial charge in [-0.2, -0.15) is 0 Å². The molecule has 3 nitrogen and oxygen atoms in total. The van der Waals surface area contributed by atoms with E-state index in [1.165, 1.54) is 22.9 Å². The van der Waals surface area contributed by atoms with Crippen LogP contribution in [0.25, 0.3) is 0 Å². The molecule has 0 saturated heterocycles. The minimum Gasteiger partial charge on any atom is -0.355 e. The number of nitrogens with zero attached hydrogens (tertiary/aromatic N) is 1. The van der Waals surface area contributed by atoms with Gasteiger partial charge in [-0.3, -0.25) is 4.79 Å². The summed E-state index contributed by atoms with van der Waals surface area (Å²) < 4.78 is 0. The number of benzene rings is 1. The number of rotatable bonds is 6. The fourth-order valence-electron chi connectivity index (χ4n) is 1.89. The lowest BCUT2D eigenvalue weighted by Gasteiger charge is -2.07. The second kappa shape index (κ2) is 8.05. The second-order valence-electron chi connectivity index (χ2n) is 4.61. The maximum atomic E-state index is 11.8. The number of hydrogen-bond acceptors (Lipinski definition) is 3. The minimum atomic E-state index is -0.00435. The molecule has 1 aromatic carbocycles. The summed E-state index contributed by atoms with van der Waals surface area (Å²) >= 11 is 7.34. The molecule has 5 heteroatoms. The molecule has 0 aliphatic heterocycles. The molecular weight excluding hydrogens is 304 g/mol. The third kappa shape index (κ3) is 5.06. The zero-order valence-corrected chi connectivity index (χ0v) is 13.4. The predicted molar refractivity (Wildman–Crippen MR) is 87.9 cm³/mol. The van der Waals surface area contributed by atoms with Gasteiger partial charge in [0.15, 0.2) is 0 Å². The molecule has 0 atom stereocenters. The first-order valence-electron chi connectivity index (χ1n) is 6.71. The number of aryl methyl sites for hydroxylation is 1. The third-order valence-electron chi connectivity index (χ3n) is 3.04. The van der Waals surface area contributed by atoms with E-state index in [1.54, 1.807) is 18.3 Å². The predicted octanol–water partition coefficient (Wildman–Crippen LogP) is 3.49. The van der Waals surface area contributed by atoms with Crippen LogP contribution in [0, 0.1) is 6.92 Å². The van der Waals surface area contributed by atoms with Crippen LogP contribution < -0.4 is 5.32 Å². The molecule has 0 radical (unpaired) electrons. The second-order valence-corrected chi connectivity index (χ2v) is 5.98. The van der Waals surface area contributed by atoms with Crippen LogP contribution in [0.4, 0.5) is 0 Å². The molecule has 0 spiro atoms. The Hall–Kier alpha value is -1.52. The van der Waals surface area contributed by atoms with Crippen molar-refractivity contribution < 1.29 is 4.79 Å². The number of aromatic nitrogens is 1. The van der Waals surface area contributed by atoms with Gasteiger partial charge in [0.05, 0.1) is 10.8 Å². The molecule has 2 aromatic rings. The number of amides is 1. The summed E-state index contributed by atoms with van der Waals surface area (Å²) in [6.45, 7) is 2.72. The molecule has 0 aliphatic rings. The van der Waals surface area contributed by atoms with Crippen molar-refractivity contribution in [2.45, 2.75) is 18.4 Å². The molecule has 0 fully saturated rings. The quantitative estimate of drug-likeness (QED) is 0.828. The van der Waals surface area contributed by atoms with Crippen molar-refractivity contribution in [1.82, 2.24) is 10.3 Å². The Morgan fingerprint density at radius 2 is 2.10 bits per heavy atom. The van der Waals surface area contributed by atoms with Crippen molar-refractivity contribution in [3.05, 3.63) is 58.7 Å². The van der Waals surface area contributed by atoms with Crippen molar-refractivity contribution in [3.63, 3.8) is 0 Å². The van der Waals surface area contributed by atoms with Crippen molar-refractivity contribution in [2.75, 3.05) is 12.3 Å². The van der Waals surface area contributed by atoms with Crippen LogP contribution in [-0.4, -0.2) is 23.2 Å². The van der Waals surface area contributed by atoms with Gasteiger partial charge in [0, 0.05) is 12.7 Å². The number of carbonyl (C=O) groups is 1. The molecular formula is C16H17ClN2OS. The summed E-state index contributed by atoms with van der Waals surface area (Å²) in [7, 11) is 0. The highest BCUT2D eigenvalue weighted by Crippen LogP contribution is 2.23. The standard InChI is InChI=1S/C16H17ClN2OS/c1-12-5-2-3-6-13(12)8-10-18-15(20)11-21-16-14(17)7-4-9-19-16/h2-7,9H,8,10-11H2,1H3,(H,18,20). The molecule has 1 aromatic heterocycles. The number of hydrogen-bond donors (Lipinski definition) is 1. The number of pyridine rings is 1. The molecule has 1 N–H and O–H groups in total. The van der Waals surface area contributed by atoms with Crippen molar-refractivity contribution in [2.24, 2.45) is 0 Å². The first-order valence-corrected chi connectivity index (χ1v) is 8.07. The van der Waals surface area contributed by atoms with E-state index in [2.05, 4.69) is 29.4 Å². The summed E-state index contributed by atoms with van der Waals surface area (Å²) in [6.07, 6.45) is 2.51. The normalized spacial score (nSPS) is 10.4. The largest absolute Gasteiger partial charge is 0.355 e. The van der Waals surface area contributed by atoms with Crippen molar-refractivity contribution in [1.29, 1.82) is 0 Å². The average molecular weight is 321 g/mol. The lowest BCUT2D eigenvalue weighted by Crippen LogP contribution is -2.27. The van der Waals surface area contributed by atoms with Crippen LogP contribution in [0.1, 0.15) is 11.1 Å². The number of carbonyl (C=O) groups excluding carboxylic acids is 1. The van der Waals surface area contributed by atoms with E-state index in [1.807, 2.05) is 12.1 Å². The summed E-state index contributed by atoms with van der Waals surface area (Å²) in [5.41, 5.74) is 2.51. The SMILES string of the molecule is Cc1ccccc1CCNC(=O)CSc1ncccc1Cl. The molecule has 21 heavy (non-hydrogen) atoms. The smallest absolute Gasteiger partial charge is 0.230 e. The maximum Gasteiger partial charge on any atom is 0.230 e. The van der Waals surface area contributed by atoms with Gasteiger partial charge in [0.2, 0.25) is 5.91 Å². The summed E-state index contributed by atoms with van der Waals surface area (Å²) in [5, 5.41) is 4.18. The van der Waals surface area contributed by atoms with Gasteiger partial charge < -0.3 is 5.32 Å². The van der Waals surface area contributed by atoms with Gasteiger partial charge >= 0.3 is 0 Å². The van der Waals surface area contributed by atoms with Crippen molar-refractivity contribution in [3.8, 4) is 0 Å². The van der Waals surface area contributed by atoms with Crippen LogP contribution >= 0.6 is 23.4 Å². The maximum absolute atomic E-state index is 11.8. The molecule has 0 bridgehead atoms. The Morgan fingerprint density at radius 3 is 2.86 bits per heavy atom. The highest BCUT2D eigenvalue weighted by atomic mass is 35.5. The average Bonchev–Trinajstić information content (AvgIpc) is 2.48. The van der Waals surface area contributed by atoms with E-state index in [9.17, 15) is 4.79 Å². The van der Waals surface area contributed by atoms with E-state index in [0.717, 1.165) is 6.42 Å². The Bertz CT molecular complexity index is 619. The fraction of sp³-hybridized carbons (Fsp3) is 0.250. The fourth-order valence-corrected chi connectivity index (χ4v) is 2.89. The Morgan fingerprint density at radius 1 is 1.29 bits per heavy atom. The zero-order valence-electron chi connectivity index (χ0n) is 11.8. The highest BCUT2D eigenvalue weighted by Gasteiger charge is 2.06. The van der Waals surface area contributed by atoms with Crippen LogP contribution in [0.15, 0.2) is 47.6 Å². The third-order valence-corrected chi connectivity index (χ3v) is 4.46. The molecule has 1 amide bonds. The molecule has 110 valence electrons. The van der Waals surface area contributed by atoms with E-state index in [0.29, 0.717) is 22.3 Å². The minimum absolute atomic E-state index is 0.00435. The Labute approximate surface area is 134 Å². The van der Waals surface area contributed by atoms with E-state index in [4.69, 9.17) is 11.6 Å². The van der Waals surface area contributed by atoms with Crippen LogP contribution in [0.5, 0.6) is 0 Å². The summed E-state index contributed by atoms with van der Waals surface area (Å²) in [6, 6.07) is 11.7. The van der Waals surface area contributed by atoms with Gasteiger partial charge in [-0.15, -0.1) is 0 Å². The Kier molecular flexibility index (Phi) is 6.08. The van der Waals surface area contributed by atoms with E-state index < -0.39 is 0 Å². The molecule has 0 aliphatic carbocycles. The molecule has 0 saturated carbocycles. The van der Waals surface area contributed by atoms with E-state index >= 15 is 0 Å². The summed E-state index contributed by atoms with van der Waals surface area (Å²) in [4.78, 5) is 15.9. The first-order chi connectivity index (χ1) is 10.2. The topological polar surface area (TPSA) is 42.0 Å². The first kappa shape index (κ1) is 15.9. The van der Waals surface area contributed by atoms with Crippen LogP contribution in [0.3, 0.4) is 0 Å². The number of halogens is 1. The highest BCUT2D eigenvalue weighted by molar-refractivity contribution is 8.00. The molecule has 2 rings (SSSR count). The lowest BCUT2D eigenvalue weighted by atomic mass is 10.1. The summed E-state index contributed by atoms with van der Waals surface area (Å²) in [5.74, 6) is 0.320. The van der Waals surface area contributed by atoms with Gasteiger partial charge in [-0.25, -0.2) is 4.98 Å². The lowest BCUT2D eigenvalue weighted by molar-refractivity contribution is -0.118. The zero-order chi connectivity index (χ0) is 15.1. The van der Waals surface area contributed by atoms with Crippen molar-refractivity contribution >= 4 is 29.3 Å². The van der Waals surface area contributed by atoms with E-state index in [-0.39, 0.29) is 5.91 Å². The van der Waals surface area contributed by atoms with Gasteiger partial charge in [-0.05, 0) is 36.6 Å². The number of nitrogens with one attached hydrogen (secondary N) is 1. The van der Waals surface area contributed by atoms with Gasteiger partial charge in [0.25, 0.3) is 0 Å². The Balaban J connectivity index is 1.73. The number of thioether (sulfide) groups is 1. The monoisotopic (exact) mass is 320 g/mol. The van der Waals surface area contributed by atoms with Crippen LogP contribution in [-0.2, 0) is 11.2 Å². The van der Waals surface area contributed by atoms with Crippen LogP contribution in [0.2, 0.25) is 5.02 Å².